The van der Waals surface area contributed by atoms with E-state index < -0.39 is 0 Å². The monoisotopic (exact) mass is 278 g/mol. The Morgan fingerprint density at radius 1 is 1.21 bits per heavy atom. The van der Waals surface area contributed by atoms with Gasteiger partial charge in [0, 0.05) is 24.3 Å². The molecule has 19 heavy (non-hydrogen) atoms. The third-order valence-electron chi connectivity index (χ3n) is 2.98. The van der Waals surface area contributed by atoms with Crippen LogP contribution in [-0.4, -0.2) is 4.98 Å². The van der Waals surface area contributed by atoms with Gasteiger partial charge in [-0.1, -0.05) is 24.6 Å². The summed E-state index contributed by atoms with van der Waals surface area (Å²) in [6.45, 7) is 3.27. The fourth-order valence-corrected chi connectivity index (χ4v) is 2.13. The van der Waals surface area contributed by atoms with Gasteiger partial charge in [0.1, 0.15) is 5.82 Å². The van der Waals surface area contributed by atoms with Crippen LogP contribution in [0.4, 0.5) is 4.39 Å². The standard InChI is InChI=1S/C15H16ClFN2/c1-2-11-4-3-7-19-15(11)10-18-9-12-8-13(17)5-6-14(12)16/h3-8,18H,2,9-10H2,1H3. The summed E-state index contributed by atoms with van der Waals surface area (Å²) >= 11 is 6.01. The summed E-state index contributed by atoms with van der Waals surface area (Å²) in [6.07, 6.45) is 2.73. The number of rotatable bonds is 5. The number of aromatic nitrogens is 1. The van der Waals surface area contributed by atoms with Crippen LogP contribution >= 0.6 is 11.6 Å². The van der Waals surface area contributed by atoms with Gasteiger partial charge in [0.25, 0.3) is 0 Å². The molecule has 4 heteroatoms. The lowest BCUT2D eigenvalue weighted by molar-refractivity contribution is 0.619. The molecule has 0 aliphatic carbocycles. The normalized spacial score (nSPS) is 10.7. The van der Waals surface area contributed by atoms with Crippen molar-refractivity contribution in [1.29, 1.82) is 0 Å². The van der Waals surface area contributed by atoms with Gasteiger partial charge < -0.3 is 5.32 Å². The number of hydrogen-bond donors (Lipinski definition) is 1. The molecular weight excluding hydrogens is 263 g/mol. The van der Waals surface area contributed by atoms with Gasteiger partial charge >= 0.3 is 0 Å². The van der Waals surface area contributed by atoms with Crippen molar-refractivity contribution in [3.05, 3.63) is 64.2 Å². The molecule has 0 bridgehead atoms. The average Bonchev–Trinajstić information content (AvgIpc) is 2.43. The Morgan fingerprint density at radius 2 is 2.05 bits per heavy atom. The van der Waals surface area contributed by atoms with Crippen molar-refractivity contribution in [3.8, 4) is 0 Å². The Bertz CT molecular complexity index is 558. The number of benzene rings is 1. The lowest BCUT2D eigenvalue weighted by Crippen LogP contribution is -2.15. The number of hydrogen-bond acceptors (Lipinski definition) is 2. The van der Waals surface area contributed by atoms with Crippen LogP contribution in [0.1, 0.15) is 23.7 Å². The molecule has 0 unspecified atom stereocenters. The first-order valence-electron chi connectivity index (χ1n) is 6.28. The molecule has 0 aliphatic rings. The first kappa shape index (κ1) is 14.0. The van der Waals surface area contributed by atoms with Crippen LogP contribution in [0.3, 0.4) is 0 Å². The molecule has 2 aromatic rings. The summed E-state index contributed by atoms with van der Waals surface area (Å²) in [4.78, 5) is 4.35. The maximum absolute atomic E-state index is 13.1. The second-order valence-corrected chi connectivity index (χ2v) is 4.71. The van der Waals surface area contributed by atoms with E-state index in [1.807, 2.05) is 6.07 Å². The highest BCUT2D eigenvalue weighted by Gasteiger charge is 2.04. The summed E-state index contributed by atoms with van der Waals surface area (Å²) in [5.74, 6) is -0.270. The third-order valence-corrected chi connectivity index (χ3v) is 3.35. The van der Waals surface area contributed by atoms with Crippen LogP contribution in [0.15, 0.2) is 36.5 Å². The SMILES string of the molecule is CCc1cccnc1CNCc1cc(F)ccc1Cl. The lowest BCUT2D eigenvalue weighted by atomic mass is 10.1. The topological polar surface area (TPSA) is 24.9 Å². The zero-order chi connectivity index (χ0) is 13.7. The Morgan fingerprint density at radius 3 is 2.84 bits per heavy atom. The molecule has 0 fully saturated rings. The molecule has 1 aromatic carbocycles. The van der Waals surface area contributed by atoms with Crippen molar-refractivity contribution in [2.75, 3.05) is 0 Å². The van der Waals surface area contributed by atoms with Crippen LogP contribution in [0.5, 0.6) is 0 Å². The van der Waals surface area contributed by atoms with Crippen molar-refractivity contribution in [2.24, 2.45) is 0 Å². The van der Waals surface area contributed by atoms with E-state index in [-0.39, 0.29) is 5.82 Å². The highest BCUT2D eigenvalue weighted by atomic mass is 35.5. The number of halogens is 2. The molecule has 1 aromatic heterocycles. The van der Waals surface area contributed by atoms with Gasteiger partial charge in [-0.2, -0.15) is 0 Å². The third kappa shape index (κ3) is 3.75. The summed E-state index contributed by atoms with van der Waals surface area (Å²) < 4.78 is 13.1. The van der Waals surface area contributed by atoms with Crippen LogP contribution in [0.2, 0.25) is 5.02 Å². The molecule has 0 saturated heterocycles. The molecule has 100 valence electrons. The molecule has 0 radical (unpaired) electrons. The molecule has 1 N–H and O–H groups in total. The Labute approximate surface area is 117 Å². The fraction of sp³-hybridized carbons (Fsp3) is 0.267. The van der Waals surface area contributed by atoms with E-state index in [4.69, 9.17) is 11.6 Å². The zero-order valence-corrected chi connectivity index (χ0v) is 11.5. The first-order chi connectivity index (χ1) is 9.20. The molecule has 0 saturated carbocycles. The number of nitrogens with one attached hydrogen (secondary N) is 1. The van der Waals surface area contributed by atoms with Crippen molar-refractivity contribution in [3.63, 3.8) is 0 Å². The number of aryl methyl sites for hydroxylation is 1. The molecular formula is C15H16ClFN2. The molecule has 0 spiro atoms. The quantitative estimate of drug-likeness (QED) is 0.901. The van der Waals surface area contributed by atoms with E-state index >= 15 is 0 Å². The van der Waals surface area contributed by atoms with Gasteiger partial charge in [-0.25, -0.2) is 4.39 Å². The van der Waals surface area contributed by atoms with Crippen LogP contribution < -0.4 is 5.32 Å². The Kier molecular flexibility index (Phi) is 4.88. The van der Waals surface area contributed by atoms with Crippen LogP contribution in [-0.2, 0) is 19.5 Å². The van der Waals surface area contributed by atoms with E-state index in [1.54, 1.807) is 12.3 Å². The highest BCUT2D eigenvalue weighted by Crippen LogP contribution is 2.17. The predicted molar refractivity (Wildman–Crippen MR) is 75.6 cm³/mol. The minimum absolute atomic E-state index is 0.270. The van der Waals surface area contributed by atoms with Gasteiger partial charge in [0.15, 0.2) is 0 Å². The molecule has 2 nitrogen and oxygen atoms in total. The second kappa shape index (κ2) is 6.64. The zero-order valence-electron chi connectivity index (χ0n) is 10.8. The Balaban J connectivity index is 1.98. The van der Waals surface area contributed by atoms with E-state index in [0.717, 1.165) is 17.7 Å². The minimum atomic E-state index is -0.270. The summed E-state index contributed by atoms with van der Waals surface area (Å²) in [5.41, 5.74) is 3.01. The van der Waals surface area contributed by atoms with Gasteiger partial charge in [-0.05, 0) is 41.8 Å². The first-order valence-corrected chi connectivity index (χ1v) is 6.66. The lowest BCUT2D eigenvalue weighted by Gasteiger charge is -2.09. The summed E-state index contributed by atoms with van der Waals surface area (Å²) in [7, 11) is 0. The second-order valence-electron chi connectivity index (χ2n) is 4.30. The maximum Gasteiger partial charge on any atom is 0.123 e. The minimum Gasteiger partial charge on any atom is -0.307 e. The van der Waals surface area contributed by atoms with Crippen molar-refractivity contribution >= 4 is 11.6 Å². The van der Waals surface area contributed by atoms with E-state index in [9.17, 15) is 4.39 Å². The van der Waals surface area contributed by atoms with Gasteiger partial charge in [-0.3, -0.25) is 4.98 Å². The fourth-order valence-electron chi connectivity index (χ4n) is 1.95. The summed E-state index contributed by atoms with van der Waals surface area (Å²) in [6, 6.07) is 8.39. The van der Waals surface area contributed by atoms with Crippen molar-refractivity contribution in [1.82, 2.24) is 10.3 Å². The van der Waals surface area contributed by atoms with Crippen molar-refractivity contribution in [2.45, 2.75) is 26.4 Å². The predicted octanol–water partition coefficient (Wildman–Crippen LogP) is 3.73. The smallest absolute Gasteiger partial charge is 0.123 e. The van der Waals surface area contributed by atoms with E-state index in [0.29, 0.717) is 18.1 Å². The largest absolute Gasteiger partial charge is 0.307 e. The maximum atomic E-state index is 13.1. The Hall–Kier alpha value is -1.45. The molecule has 0 atom stereocenters. The van der Waals surface area contributed by atoms with E-state index in [2.05, 4.69) is 23.3 Å². The molecule has 1 heterocycles. The van der Waals surface area contributed by atoms with Gasteiger partial charge in [0.2, 0.25) is 0 Å². The van der Waals surface area contributed by atoms with Gasteiger partial charge in [0.05, 0.1) is 5.69 Å². The molecule has 0 aliphatic heterocycles. The molecule has 0 amide bonds. The average molecular weight is 279 g/mol. The highest BCUT2D eigenvalue weighted by molar-refractivity contribution is 6.31. The van der Waals surface area contributed by atoms with Crippen LogP contribution in [0.25, 0.3) is 0 Å². The number of nitrogens with zero attached hydrogens (tertiary/aromatic N) is 1. The van der Waals surface area contributed by atoms with Crippen LogP contribution in [0, 0.1) is 5.82 Å². The van der Waals surface area contributed by atoms with Gasteiger partial charge in [-0.15, -0.1) is 0 Å². The summed E-state index contributed by atoms with van der Waals surface area (Å²) in [5, 5.41) is 3.82. The number of pyridine rings is 1. The van der Waals surface area contributed by atoms with Crippen molar-refractivity contribution < 1.29 is 4.39 Å². The molecule has 2 rings (SSSR count). The van der Waals surface area contributed by atoms with E-state index in [1.165, 1.54) is 17.7 Å².